The van der Waals surface area contributed by atoms with Crippen molar-refractivity contribution in [1.82, 2.24) is 0 Å². The Morgan fingerprint density at radius 1 is 1.05 bits per heavy atom. The summed E-state index contributed by atoms with van der Waals surface area (Å²) in [5.41, 5.74) is 5.17. The van der Waals surface area contributed by atoms with E-state index in [4.69, 9.17) is 17.3 Å². The molecule has 7 heteroatoms. The molecule has 2 rings (SSSR count). The first-order valence-corrected chi connectivity index (χ1v) is 7.15. The Balaban J connectivity index is 2.36. The molecule has 0 spiro atoms. The summed E-state index contributed by atoms with van der Waals surface area (Å²) in [7, 11) is -2.09. The molecule has 0 aliphatic carbocycles. The first kappa shape index (κ1) is 14.9. The zero-order chi connectivity index (χ0) is 14.9. The predicted octanol–water partition coefficient (Wildman–Crippen LogP) is 3.65. The molecule has 0 saturated carbocycles. The van der Waals surface area contributed by atoms with Crippen LogP contribution in [0, 0.1) is 17.5 Å². The van der Waals surface area contributed by atoms with Crippen LogP contribution in [0.4, 0.5) is 18.9 Å². The van der Waals surface area contributed by atoms with Crippen molar-refractivity contribution in [2.45, 2.75) is 10.6 Å². The van der Waals surface area contributed by atoms with Crippen molar-refractivity contribution in [3.05, 3.63) is 58.4 Å². The Kier molecular flexibility index (Phi) is 4.35. The van der Waals surface area contributed by atoms with Crippen LogP contribution in [0.1, 0.15) is 5.56 Å². The highest BCUT2D eigenvalue weighted by Crippen LogP contribution is 2.24. The standard InChI is InChI=1S/C13H9ClF3NOS/c14-8-1-2-10(15)7(3-8)6-20(19)13-11(16)4-9(18)5-12(13)17/h1-5H,6,18H2. The quantitative estimate of drug-likeness (QED) is 0.878. The number of anilines is 1. The van der Waals surface area contributed by atoms with Crippen molar-refractivity contribution in [3.8, 4) is 0 Å². The number of benzene rings is 2. The minimum Gasteiger partial charge on any atom is -0.399 e. The maximum Gasteiger partial charge on any atom is 0.144 e. The third kappa shape index (κ3) is 3.13. The van der Waals surface area contributed by atoms with Gasteiger partial charge in [-0.05, 0) is 30.3 Å². The molecular formula is C13H9ClF3NOS. The van der Waals surface area contributed by atoms with Gasteiger partial charge in [0.25, 0.3) is 0 Å². The Hall–Kier alpha value is -1.53. The molecule has 2 N–H and O–H groups in total. The van der Waals surface area contributed by atoms with Gasteiger partial charge in [0, 0.05) is 16.3 Å². The van der Waals surface area contributed by atoms with Crippen LogP contribution in [0.2, 0.25) is 5.02 Å². The summed E-state index contributed by atoms with van der Waals surface area (Å²) in [5.74, 6) is -3.07. The molecule has 0 aliphatic rings. The summed E-state index contributed by atoms with van der Waals surface area (Å²) in [5, 5.41) is 0.247. The third-order valence-corrected chi connectivity index (χ3v) is 4.20. The molecule has 1 atom stereocenters. The van der Waals surface area contributed by atoms with E-state index in [2.05, 4.69) is 0 Å². The number of hydrogen-bond donors (Lipinski definition) is 1. The normalized spacial score (nSPS) is 12.4. The van der Waals surface area contributed by atoms with Crippen LogP contribution in [0.3, 0.4) is 0 Å². The first-order valence-electron chi connectivity index (χ1n) is 5.45. The van der Waals surface area contributed by atoms with E-state index >= 15 is 0 Å². The van der Waals surface area contributed by atoms with Gasteiger partial charge < -0.3 is 5.73 Å². The molecule has 0 aromatic heterocycles. The Labute approximate surface area is 120 Å². The van der Waals surface area contributed by atoms with Crippen LogP contribution in [-0.2, 0) is 16.6 Å². The molecule has 1 unspecified atom stereocenters. The van der Waals surface area contributed by atoms with Gasteiger partial charge in [-0.1, -0.05) is 11.6 Å². The van der Waals surface area contributed by atoms with Crippen LogP contribution in [0.15, 0.2) is 35.2 Å². The molecule has 2 aromatic rings. The first-order chi connectivity index (χ1) is 9.38. The minimum absolute atomic E-state index is 0.0199. The highest BCUT2D eigenvalue weighted by atomic mass is 35.5. The van der Waals surface area contributed by atoms with Crippen molar-refractivity contribution in [2.75, 3.05) is 5.73 Å². The van der Waals surface area contributed by atoms with Gasteiger partial charge in [0.05, 0.1) is 16.6 Å². The lowest BCUT2D eigenvalue weighted by Gasteiger charge is -2.07. The fraction of sp³-hybridized carbons (Fsp3) is 0.0769. The molecule has 20 heavy (non-hydrogen) atoms. The van der Waals surface area contributed by atoms with Gasteiger partial charge in [-0.25, -0.2) is 13.2 Å². The molecular weight excluding hydrogens is 311 g/mol. The van der Waals surface area contributed by atoms with Gasteiger partial charge in [-0.3, -0.25) is 4.21 Å². The van der Waals surface area contributed by atoms with Gasteiger partial charge in [0.15, 0.2) is 0 Å². The number of hydrogen-bond acceptors (Lipinski definition) is 2. The predicted molar refractivity (Wildman–Crippen MR) is 72.3 cm³/mol. The van der Waals surface area contributed by atoms with E-state index in [1.165, 1.54) is 12.1 Å². The Morgan fingerprint density at radius 2 is 1.65 bits per heavy atom. The number of nitrogen functional groups attached to an aromatic ring is 1. The number of nitrogens with two attached hydrogens (primary N) is 1. The van der Waals surface area contributed by atoms with Crippen LogP contribution in [0.5, 0.6) is 0 Å². The zero-order valence-electron chi connectivity index (χ0n) is 10.00. The maximum atomic E-state index is 13.6. The van der Waals surface area contributed by atoms with Gasteiger partial charge in [0.2, 0.25) is 0 Å². The Morgan fingerprint density at radius 3 is 2.25 bits per heavy atom. The molecule has 0 heterocycles. The van der Waals surface area contributed by atoms with Gasteiger partial charge in [0.1, 0.15) is 22.3 Å². The van der Waals surface area contributed by atoms with Crippen LogP contribution in [0.25, 0.3) is 0 Å². The molecule has 0 fully saturated rings. The van der Waals surface area contributed by atoms with Gasteiger partial charge in [-0.15, -0.1) is 0 Å². The van der Waals surface area contributed by atoms with Crippen LogP contribution in [-0.4, -0.2) is 4.21 Å². The van der Waals surface area contributed by atoms with E-state index < -0.39 is 33.1 Å². The SMILES string of the molecule is Nc1cc(F)c(S(=O)Cc2cc(Cl)ccc2F)c(F)c1. The summed E-state index contributed by atoms with van der Waals surface area (Å²) in [4.78, 5) is -0.626. The maximum absolute atomic E-state index is 13.6. The van der Waals surface area contributed by atoms with Gasteiger partial charge in [-0.2, -0.15) is 0 Å². The van der Waals surface area contributed by atoms with E-state index in [1.54, 1.807) is 0 Å². The Bertz CT molecular complexity index is 670. The zero-order valence-corrected chi connectivity index (χ0v) is 11.6. The second kappa shape index (κ2) is 5.85. The van der Waals surface area contributed by atoms with E-state index in [-0.39, 0.29) is 22.0 Å². The van der Waals surface area contributed by atoms with Crippen LogP contribution >= 0.6 is 11.6 Å². The van der Waals surface area contributed by atoms with Crippen molar-refractivity contribution >= 4 is 28.1 Å². The fourth-order valence-electron chi connectivity index (χ4n) is 1.66. The lowest BCUT2D eigenvalue weighted by atomic mass is 10.2. The van der Waals surface area contributed by atoms with E-state index in [0.29, 0.717) is 0 Å². The van der Waals surface area contributed by atoms with Crippen molar-refractivity contribution in [3.63, 3.8) is 0 Å². The van der Waals surface area contributed by atoms with Crippen molar-refractivity contribution < 1.29 is 17.4 Å². The fourth-order valence-corrected chi connectivity index (χ4v) is 3.06. The second-order valence-corrected chi connectivity index (χ2v) is 5.86. The summed E-state index contributed by atoms with van der Waals surface area (Å²) < 4.78 is 52.7. The summed E-state index contributed by atoms with van der Waals surface area (Å²) in [6.07, 6.45) is 0. The monoisotopic (exact) mass is 319 g/mol. The lowest BCUT2D eigenvalue weighted by molar-refractivity contribution is 0.535. The molecule has 0 bridgehead atoms. The smallest absolute Gasteiger partial charge is 0.144 e. The number of rotatable bonds is 3. The highest BCUT2D eigenvalue weighted by Gasteiger charge is 2.18. The molecule has 0 amide bonds. The molecule has 2 nitrogen and oxygen atoms in total. The van der Waals surface area contributed by atoms with E-state index in [1.807, 2.05) is 0 Å². The largest absolute Gasteiger partial charge is 0.399 e. The molecule has 0 radical (unpaired) electrons. The van der Waals surface area contributed by atoms with Crippen molar-refractivity contribution in [1.29, 1.82) is 0 Å². The van der Waals surface area contributed by atoms with E-state index in [9.17, 15) is 17.4 Å². The molecule has 0 aliphatic heterocycles. The average Bonchev–Trinajstić information content (AvgIpc) is 2.32. The molecule has 0 saturated heterocycles. The average molecular weight is 320 g/mol. The van der Waals surface area contributed by atoms with Gasteiger partial charge >= 0.3 is 0 Å². The van der Waals surface area contributed by atoms with Crippen LogP contribution < -0.4 is 5.73 Å². The highest BCUT2D eigenvalue weighted by molar-refractivity contribution is 7.84. The third-order valence-electron chi connectivity index (χ3n) is 2.54. The summed E-state index contributed by atoms with van der Waals surface area (Å²) >= 11 is 5.70. The lowest BCUT2D eigenvalue weighted by Crippen LogP contribution is -2.05. The van der Waals surface area contributed by atoms with Crippen molar-refractivity contribution in [2.24, 2.45) is 0 Å². The second-order valence-electron chi connectivity index (χ2n) is 4.04. The summed E-state index contributed by atoms with van der Waals surface area (Å²) in [6, 6.07) is 5.43. The summed E-state index contributed by atoms with van der Waals surface area (Å²) in [6.45, 7) is 0. The molecule has 2 aromatic carbocycles. The minimum atomic E-state index is -2.09. The number of halogens is 4. The topological polar surface area (TPSA) is 43.1 Å². The molecule has 106 valence electrons. The van der Waals surface area contributed by atoms with E-state index in [0.717, 1.165) is 18.2 Å².